The zero-order chi connectivity index (χ0) is 16.9. The molecule has 2 aliphatic heterocycles. The second kappa shape index (κ2) is 5.70. The Hall–Kier alpha value is -2.14. The standard InChI is InChI=1S/C20H24N4O/c25-19(20(6-7-20)13-23-9-8-21-14-23)24-12-16-10-22-11-17(16)18(24)15-4-2-1-3-5-15/h1-5,8-9,14,16-18,22H,6-7,10-13H2/t16-,17-,18+/m0/s1. The van der Waals surface area contributed by atoms with Crippen molar-refractivity contribution in [2.45, 2.75) is 25.4 Å². The summed E-state index contributed by atoms with van der Waals surface area (Å²) >= 11 is 0. The van der Waals surface area contributed by atoms with Crippen LogP contribution >= 0.6 is 0 Å². The number of rotatable bonds is 4. The molecule has 1 amide bonds. The van der Waals surface area contributed by atoms with Gasteiger partial charge in [0, 0.05) is 44.5 Å². The largest absolute Gasteiger partial charge is 0.336 e. The number of nitrogens with zero attached hydrogens (tertiary/aromatic N) is 3. The number of fused-ring (bicyclic) bond motifs is 1. The van der Waals surface area contributed by atoms with Crippen LogP contribution in [-0.4, -0.2) is 40.0 Å². The number of likely N-dealkylation sites (tertiary alicyclic amines) is 1. The Labute approximate surface area is 148 Å². The number of benzene rings is 1. The van der Waals surface area contributed by atoms with Gasteiger partial charge in [0.25, 0.3) is 0 Å². The average molecular weight is 336 g/mol. The van der Waals surface area contributed by atoms with Gasteiger partial charge in [0.15, 0.2) is 0 Å². The summed E-state index contributed by atoms with van der Waals surface area (Å²) in [5, 5.41) is 3.52. The van der Waals surface area contributed by atoms with E-state index in [9.17, 15) is 4.79 Å². The summed E-state index contributed by atoms with van der Waals surface area (Å²) < 4.78 is 2.06. The lowest BCUT2D eigenvalue weighted by Crippen LogP contribution is -2.41. The van der Waals surface area contributed by atoms with Crippen molar-refractivity contribution in [3.05, 3.63) is 54.6 Å². The fourth-order valence-electron chi connectivity index (χ4n) is 4.83. The first-order chi connectivity index (χ1) is 12.3. The molecule has 1 aromatic carbocycles. The predicted octanol–water partition coefficient (Wildman–Crippen LogP) is 2.08. The molecule has 1 aliphatic carbocycles. The van der Waals surface area contributed by atoms with E-state index in [2.05, 4.69) is 50.1 Å². The summed E-state index contributed by atoms with van der Waals surface area (Å²) in [5.41, 5.74) is 1.07. The number of aromatic nitrogens is 2. The summed E-state index contributed by atoms with van der Waals surface area (Å²) in [6, 6.07) is 10.8. The minimum atomic E-state index is -0.209. The minimum Gasteiger partial charge on any atom is -0.336 e. The van der Waals surface area contributed by atoms with E-state index in [1.54, 1.807) is 6.20 Å². The van der Waals surface area contributed by atoms with Gasteiger partial charge in [0.1, 0.15) is 0 Å². The van der Waals surface area contributed by atoms with E-state index in [0.29, 0.717) is 17.7 Å². The van der Waals surface area contributed by atoms with Crippen molar-refractivity contribution >= 4 is 5.91 Å². The maximum atomic E-state index is 13.5. The fraction of sp³-hybridized carbons (Fsp3) is 0.500. The normalized spacial score (nSPS) is 29.6. The molecule has 1 N–H and O–H groups in total. The van der Waals surface area contributed by atoms with Gasteiger partial charge in [-0.25, -0.2) is 4.98 Å². The molecule has 3 fully saturated rings. The van der Waals surface area contributed by atoms with Gasteiger partial charge in [0.05, 0.1) is 17.8 Å². The average Bonchev–Trinajstić information content (AvgIpc) is 2.99. The molecule has 2 aromatic rings. The first-order valence-corrected chi connectivity index (χ1v) is 9.29. The van der Waals surface area contributed by atoms with Gasteiger partial charge >= 0.3 is 0 Å². The van der Waals surface area contributed by atoms with Crippen LogP contribution < -0.4 is 5.32 Å². The summed E-state index contributed by atoms with van der Waals surface area (Å²) in [6.07, 6.45) is 7.57. The summed E-state index contributed by atoms with van der Waals surface area (Å²) in [7, 11) is 0. The molecule has 25 heavy (non-hydrogen) atoms. The van der Waals surface area contributed by atoms with Crippen LogP contribution in [0.15, 0.2) is 49.1 Å². The SMILES string of the molecule is O=C(N1C[C@@H]2CNC[C@@H]2[C@H]1c1ccccc1)C1(Cn2ccnc2)CC1. The van der Waals surface area contributed by atoms with E-state index < -0.39 is 0 Å². The molecule has 2 saturated heterocycles. The van der Waals surface area contributed by atoms with Crippen molar-refractivity contribution in [2.75, 3.05) is 19.6 Å². The van der Waals surface area contributed by atoms with E-state index in [-0.39, 0.29) is 11.5 Å². The molecule has 1 aromatic heterocycles. The van der Waals surface area contributed by atoms with Crippen molar-refractivity contribution < 1.29 is 4.79 Å². The van der Waals surface area contributed by atoms with Crippen LogP contribution in [-0.2, 0) is 11.3 Å². The molecule has 0 spiro atoms. The van der Waals surface area contributed by atoms with E-state index in [1.807, 2.05) is 12.5 Å². The van der Waals surface area contributed by atoms with Gasteiger partial charge in [-0.05, 0) is 24.3 Å². The first kappa shape index (κ1) is 15.1. The van der Waals surface area contributed by atoms with Crippen LogP contribution in [0.3, 0.4) is 0 Å². The molecule has 5 rings (SSSR count). The van der Waals surface area contributed by atoms with Gasteiger partial charge in [-0.15, -0.1) is 0 Å². The zero-order valence-electron chi connectivity index (χ0n) is 14.3. The summed E-state index contributed by atoms with van der Waals surface area (Å²) in [4.78, 5) is 19.9. The van der Waals surface area contributed by atoms with Crippen LogP contribution in [0.25, 0.3) is 0 Å². The monoisotopic (exact) mass is 336 g/mol. The molecular weight excluding hydrogens is 312 g/mol. The van der Waals surface area contributed by atoms with E-state index >= 15 is 0 Å². The third-order valence-corrected chi connectivity index (χ3v) is 6.32. The minimum absolute atomic E-state index is 0.209. The van der Waals surface area contributed by atoms with Gasteiger partial charge in [-0.1, -0.05) is 30.3 Å². The Balaban J connectivity index is 1.44. The van der Waals surface area contributed by atoms with Crippen LogP contribution in [0.1, 0.15) is 24.4 Å². The maximum Gasteiger partial charge on any atom is 0.231 e. The number of hydrogen-bond donors (Lipinski definition) is 1. The van der Waals surface area contributed by atoms with E-state index in [0.717, 1.165) is 39.0 Å². The Kier molecular flexibility index (Phi) is 3.45. The molecule has 0 unspecified atom stereocenters. The van der Waals surface area contributed by atoms with Crippen LogP contribution in [0.2, 0.25) is 0 Å². The second-order valence-corrected chi connectivity index (χ2v) is 7.91. The fourth-order valence-corrected chi connectivity index (χ4v) is 4.83. The van der Waals surface area contributed by atoms with Gasteiger partial charge in [-0.2, -0.15) is 0 Å². The molecule has 0 radical (unpaired) electrons. The van der Waals surface area contributed by atoms with Crippen molar-refractivity contribution in [1.82, 2.24) is 19.8 Å². The van der Waals surface area contributed by atoms with E-state index in [4.69, 9.17) is 0 Å². The molecule has 5 nitrogen and oxygen atoms in total. The molecule has 0 bridgehead atoms. The Morgan fingerprint density at radius 1 is 1.24 bits per heavy atom. The lowest BCUT2D eigenvalue weighted by Gasteiger charge is -2.32. The summed E-state index contributed by atoms with van der Waals surface area (Å²) in [5.74, 6) is 1.47. The lowest BCUT2D eigenvalue weighted by atomic mass is 9.89. The topological polar surface area (TPSA) is 50.2 Å². The quantitative estimate of drug-likeness (QED) is 0.930. The smallest absolute Gasteiger partial charge is 0.231 e. The number of imidazole rings is 1. The highest BCUT2D eigenvalue weighted by molar-refractivity contribution is 5.86. The second-order valence-electron chi connectivity index (χ2n) is 7.91. The van der Waals surface area contributed by atoms with Crippen molar-refractivity contribution in [2.24, 2.45) is 17.3 Å². The van der Waals surface area contributed by atoms with Gasteiger partial charge in [0.2, 0.25) is 5.91 Å². The Morgan fingerprint density at radius 2 is 2.08 bits per heavy atom. The van der Waals surface area contributed by atoms with Crippen LogP contribution in [0.4, 0.5) is 0 Å². The number of carbonyl (C=O) groups excluding carboxylic acids is 1. The predicted molar refractivity (Wildman–Crippen MR) is 94.6 cm³/mol. The molecule has 3 aliphatic rings. The number of nitrogens with one attached hydrogen (secondary N) is 1. The van der Waals surface area contributed by atoms with E-state index in [1.165, 1.54) is 5.56 Å². The first-order valence-electron chi connectivity index (χ1n) is 9.29. The van der Waals surface area contributed by atoms with Crippen molar-refractivity contribution in [3.63, 3.8) is 0 Å². The third kappa shape index (κ3) is 2.49. The number of amides is 1. The molecule has 3 atom stereocenters. The highest BCUT2D eigenvalue weighted by Gasteiger charge is 2.56. The van der Waals surface area contributed by atoms with Gasteiger partial charge < -0.3 is 14.8 Å². The highest BCUT2D eigenvalue weighted by Crippen LogP contribution is 2.52. The van der Waals surface area contributed by atoms with Crippen molar-refractivity contribution in [3.8, 4) is 0 Å². The number of hydrogen-bond acceptors (Lipinski definition) is 3. The van der Waals surface area contributed by atoms with Crippen LogP contribution in [0.5, 0.6) is 0 Å². The zero-order valence-corrected chi connectivity index (χ0v) is 14.3. The van der Waals surface area contributed by atoms with Crippen LogP contribution in [0, 0.1) is 17.3 Å². The Bertz CT molecular complexity index is 753. The summed E-state index contributed by atoms with van der Waals surface area (Å²) in [6.45, 7) is 3.70. The third-order valence-electron chi connectivity index (χ3n) is 6.32. The Morgan fingerprint density at radius 3 is 2.80 bits per heavy atom. The molecular formula is C20H24N4O. The van der Waals surface area contributed by atoms with Crippen molar-refractivity contribution in [1.29, 1.82) is 0 Å². The molecule has 1 saturated carbocycles. The lowest BCUT2D eigenvalue weighted by molar-refractivity contribution is -0.139. The maximum absolute atomic E-state index is 13.5. The molecule has 5 heteroatoms. The highest BCUT2D eigenvalue weighted by atomic mass is 16.2. The molecule has 3 heterocycles. The number of carbonyl (C=O) groups is 1. The van der Waals surface area contributed by atoms with Gasteiger partial charge in [-0.3, -0.25) is 4.79 Å². The molecule has 130 valence electrons.